The van der Waals surface area contributed by atoms with Crippen molar-refractivity contribution in [2.24, 2.45) is 0 Å². The van der Waals surface area contributed by atoms with Crippen molar-refractivity contribution in [3.8, 4) is 5.75 Å². The van der Waals surface area contributed by atoms with Crippen LogP contribution in [0.2, 0.25) is 0 Å². The van der Waals surface area contributed by atoms with Crippen molar-refractivity contribution in [3.63, 3.8) is 0 Å². The highest BCUT2D eigenvalue weighted by atomic mass is 79.9. The molecule has 0 saturated carbocycles. The molecule has 0 heterocycles. The van der Waals surface area contributed by atoms with E-state index in [-0.39, 0.29) is 0 Å². The maximum Gasteiger partial charge on any atom is 0.151 e. The van der Waals surface area contributed by atoms with Crippen molar-refractivity contribution >= 4 is 34.0 Å². The lowest BCUT2D eigenvalue weighted by atomic mass is 10.2. The van der Waals surface area contributed by atoms with Crippen molar-refractivity contribution in [3.05, 3.63) is 52.5 Å². The first-order valence-corrected chi connectivity index (χ1v) is 6.90. The highest BCUT2D eigenvalue weighted by molar-refractivity contribution is 9.10. The molecule has 0 saturated heterocycles. The fourth-order valence-electron chi connectivity index (χ4n) is 1.45. The van der Waals surface area contributed by atoms with Gasteiger partial charge in [-0.05, 0) is 42.5 Å². The molecule has 0 aromatic heterocycles. The highest BCUT2D eigenvalue weighted by Crippen LogP contribution is 2.31. The molecular weight excluding hydrogens is 312 g/mol. The van der Waals surface area contributed by atoms with E-state index in [1.165, 1.54) is 0 Å². The molecule has 0 radical (unpaired) electrons. The van der Waals surface area contributed by atoms with Gasteiger partial charge in [-0.2, -0.15) is 0 Å². The molecule has 0 amide bonds. The lowest BCUT2D eigenvalue weighted by Crippen LogP contribution is -1.83. The predicted octanol–water partition coefficient (Wildman–Crippen LogP) is 4.42. The Hall–Kier alpha value is -1.26. The zero-order valence-electron chi connectivity index (χ0n) is 9.72. The number of carbonyl (C=O) groups excluding carboxylic acids is 1. The SMILES string of the molecule is COc1ccc(Sc2ccc(C=O)c(Br)c2)cc1. The fourth-order valence-corrected chi connectivity index (χ4v) is 2.93. The van der Waals surface area contributed by atoms with Gasteiger partial charge in [0.05, 0.1) is 7.11 Å². The molecule has 18 heavy (non-hydrogen) atoms. The van der Waals surface area contributed by atoms with Gasteiger partial charge in [0.15, 0.2) is 6.29 Å². The van der Waals surface area contributed by atoms with Crippen LogP contribution in [-0.2, 0) is 0 Å². The van der Waals surface area contributed by atoms with E-state index >= 15 is 0 Å². The monoisotopic (exact) mass is 322 g/mol. The Morgan fingerprint density at radius 2 is 1.78 bits per heavy atom. The van der Waals surface area contributed by atoms with Crippen LogP contribution in [0.5, 0.6) is 5.75 Å². The number of halogens is 1. The molecule has 0 atom stereocenters. The van der Waals surface area contributed by atoms with Crippen LogP contribution in [0.15, 0.2) is 56.7 Å². The van der Waals surface area contributed by atoms with E-state index in [9.17, 15) is 4.79 Å². The summed E-state index contributed by atoms with van der Waals surface area (Å²) in [5.74, 6) is 0.844. The van der Waals surface area contributed by atoms with Gasteiger partial charge in [-0.15, -0.1) is 0 Å². The molecule has 0 aliphatic carbocycles. The van der Waals surface area contributed by atoms with E-state index in [1.807, 2.05) is 42.5 Å². The van der Waals surface area contributed by atoms with Crippen LogP contribution in [0.1, 0.15) is 10.4 Å². The topological polar surface area (TPSA) is 26.3 Å². The molecule has 4 heteroatoms. The number of hydrogen-bond acceptors (Lipinski definition) is 3. The smallest absolute Gasteiger partial charge is 0.151 e. The predicted molar refractivity (Wildman–Crippen MR) is 76.6 cm³/mol. The Morgan fingerprint density at radius 1 is 1.11 bits per heavy atom. The minimum atomic E-state index is 0.661. The van der Waals surface area contributed by atoms with Crippen molar-refractivity contribution in [2.75, 3.05) is 7.11 Å². The lowest BCUT2D eigenvalue weighted by Gasteiger charge is -2.05. The quantitative estimate of drug-likeness (QED) is 0.779. The van der Waals surface area contributed by atoms with Crippen LogP contribution >= 0.6 is 27.7 Å². The fraction of sp³-hybridized carbons (Fsp3) is 0.0714. The molecule has 0 aliphatic heterocycles. The molecule has 0 fully saturated rings. The van der Waals surface area contributed by atoms with Gasteiger partial charge < -0.3 is 4.74 Å². The molecule has 92 valence electrons. The molecule has 2 nitrogen and oxygen atoms in total. The van der Waals surface area contributed by atoms with Crippen LogP contribution < -0.4 is 4.74 Å². The Kier molecular flexibility index (Phi) is 4.44. The van der Waals surface area contributed by atoms with Gasteiger partial charge in [-0.1, -0.05) is 27.7 Å². The standard InChI is InChI=1S/C14H11BrO2S/c1-17-11-3-6-12(7-4-11)18-13-5-2-10(9-16)14(15)8-13/h2-9H,1H3. The third-order valence-electron chi connectivity index (χ3n) is 2.39. The number of ether oxygens (including phenoxy) is 1. The summed E-state index contributed by atoms with van der Waals surface area (Å²) in [6.45, 7) is 0. The number of benzene rings is 2. The van der Waals surface area contributed by atoms with Crippen molar-refractivity contribution in [1.82, 2.24) is 0 Å². The summed E-state index contributed by atoms with van der Waals surface area (Å²) >= 11 is 5.02. The van der Waals surface area contributed by atoms with Crippen molar-refractivity contribution < 1.29 is 9.53 Å². The molecule has 2 rings (SSSR count). The zero-order valence-corrected chi connectivity index (χ0v) is 12.1. The van der Waals surface area contributed by atoms with Gasteiger partial charge in [0.2, 0.25) is 0 Å². The molecule has 0 spiro atoms. The maximum atomic E-state index is 10.7. The van der Waals surface area contributed by atoms with E-state index < -0.39 is 0 Å². The zero-order chi connectivity index (χ0) is 13.0. The first-order valence-electron chi connectivity index (χ1n) is 5.29. The molecule has 0 N–H and O–H groups in total. The lowest BCUT2D eigenvalue weighted by molar-refractivity contribution is 0.112. The number of methoxy groups -OCH3 is 1. The summed E-state index contributed by atoms with van der Waals surface area (Å²) in [4.78, 5) is 12.9. The van der Waals surface area contributed by atoms with Gasteiger partial charge in [-0.25, -0.2) is 0 Å². The first-order chi connectivity index (χ1) is 8.72. The second-order valence-corrected chi connectivity index (χ2v) is 5.58. The Bertz CT molecular complexity index is 552. The van der Waals surface area contributed by atoms with E-state index in [1.54, 1.807) is 18.9 Å². The number of aldehydes is 1. The Morgan fingerprint density at radius 3 is 2.33 bits per heavy atom. The molecule has 2 aromatic carbocycles. The number of carbonyl (C=O) groups is 1. The summed E-state index contributed by atoms with van der Waals surface area (Å²) in [6.07, 6.45) is 0.839. The third-order valence-corrected chi connectivity index (χ3v) is 4.08. The van der Waals surface area contributed by atoms with Gasteiger partial charge >= 0.3 is 0 Å². The van der Waals surface area contributed by atoms with Crippen molar-refractivity contribution in [2.45, 2.75) is 9.79 Å². The largest absolute Gasteiger partial charge is 0.497 e. The van der Waals surface area contributed by atoms with Crippen LogP contribution in [0.4, 0.5) is 0 Å². The summed E-state index contributed by atoms with van der Waals surface area (Å²) in [5.41, 5.74) is 0.661. The van der Waals surface area contributed by atoms with Crippen LogP contribution in [0.3, 0.4) is 0 Å². The average molecular weight is 323 g/mol. The minimum Gasteiger partial charge on any atom is -0.497 e. The average Bonchev–Trinajstić information content (AvgIpc) is 2.40. The molecule has 0 bridgehead atoms. The van der Waals surface area contributed by atoms with E-state index in [0.29, 0.717) is 5.56 Å². The van der Waals surface area contributed by atoms with Gasteiger partial charge in [0.1, 0.15) is 5.75 Å². The summed E-state index contributed by atoms with van der Waals surface area (Å²) in [5, 5.41) is 0. The third kappa shape index (κ3) is 3.15. The van der Waals surface area contributed by atoms with E-state index in [4.69, 9.17) is 4.74 Å². The normalized spacial score (nSPS) is 10.1. The second kappa shape index (κ2) is 6.07. The summed E-state index contributed by atoms with van der Waals surface area (Å²) < 4.78 is 5.93. The second-order valence-electron chi connectivity index (χ2n) is 3.58. The molecule has 0 aliphatic rings. The van der Waals surface area contributed by atoms with Crippen molar-refractivity contribution in [1.29, 1.82) is 0 Å². The summed E-state index contributed by atoms with van der Waals surface area (Å²) in [7, 11) is 1.65. The first kappa shape index (κ1) is 13.2. The number of hydrogen-bond donors (Lipinski definition) is 0. The highest BCUT2D eigenvalue weighted by Gasteiger charge is 2.02. The summed E-state index contributed by atoms with van der Waals surface area (Å²) in [6, 6.07) is 13.6. The van der Waals surface area contributed by atoms with Crippen LogP contribution in [0.25, 0.3) is 0 Å². The van der Waals surface area contributed by atoms with E-state index in [0.717, 1.165) is 26.3 Å². The van der Waals surface area contributed by atoms with Gasteiger partial charge in [0.25, 0.3) is 0 Å². The molecule has 0 unspecified atom stereocenters. The van der Waals surface area contributed by atoms with Gasteiger partial charge in [0, 0.05) is 19.8 Å². The number of rotatable bonds is 4. The van der Waals surface area contributed by atoms with Gasteiger partial charge in [-0.3, -0.25) is 4.79 Å². The minimum absolute atomic E-state index is 0.661. The Labute approximate surface area is 118 Å². The van der Waals surface area contributed by atoms with Crippen LogP contribution in [-0.4, -0.2) is 13.4 Å². The Balaban J connectivity index is 2.17. The maximum absolute atomic E-state index is 10.7. The van der Waals surface area contributed by atoms with Crippen LogP contribution in [0, 0.1) is 0 Å². The molecule has 2 aromatic rings. The molecular formula is C14H11BrO2S. The van der Waals surface area contributed by atoms with E-state index in [2.05, 4.69) is 15.9 Å².